The van der Waals surface area contributed by atoms with Gasteiger partial charge in [0.15, 0.2) is 11.3 Å². The van der Waals surface area contributed by atoms with E-state index in [2.05, 4.69) is 38.5 Å². The second-order valence-corrected chi connectivity index (χ2v) is 10.6. The van der Waals surface area contributed by atoms with Crippen LogP contribution in [0, 0.1) is 5.92 Å². The second-order valence-electron chi connectivity index (χ2n) is 8.48. The molecule has 0 spiro atoms. The number of aromatic amines is 1. The molecule has 0 saturated carbocycles. The molecule has 9 nitrogen and oxygen atoms in total. The molecule has 12 heteroatoms. The molecule has 32 heavy (non-hydrogen) atoms. The third-order valence-corrected chi connectivity index (χ3v) is 8.20. The minimum absolute atomic E-state index is 0.0897. The van der Waals surface area contributed by atoms with Crippen LogP contribution in [0.4, 0.5) is 8.78 Å². The number of aromatic nitrogens is 5. The molecule has 0 aromatic carbocycles. The first-order valence-electron chi connectivity index (χ1n) is 10.7. The van der Waals surface area contributed by atoms with Crippen molar-refractivity contribution in [3.63, 3.8) is 0 Å². The summed E-state index contributed by atoms with van der Waals surface area (Å²) in [5, 5.41) is 11.9. The molecule has 5 rings (SSSR count). The zero-order valence-electron chi connectivity index (χ0n) is 17.6. The molecule has 0 bridgehead atoms. The number of nitrogens with zero attached hydrogens (tertiary/aromatic N) is 5. The van der Waals surface area contributed by atoms with E-state index in [-0.39, 0.29) is 30.7 Å². The molecule has 1 fully saturated rings. The summed E-state index contributed by atoms with van der Waals surface area (Å²) in [6, 6.07) is 1.94. The Bertz CT molecular complexity index is 1280. The zero-order valence-corrected chi connectivity index (χ0v) is 18.4. The van der Waals surface area contributed by atoms with Gasteiger partial charge in [-0.2, -0.15) is 4.31 Å². The first-order chi connectivity index (χ1) is 15.3. The summed E-state index contributed by atoms with van der Waals surface area (Å²) in [6.07, 6.45) is 6.79. The molecule has 1 aliphatic carbocycles. The molecule has 3 aromatic rings. The Morgan fingerprint density at radius 2 is 2.19 bits per heavy atom. The van der Waals surface area contributed by atoms with Crippen LogP contribution >= 0.6 is 0 Å². The highest BCUT2D eigenvalue weighted by Gasteiger charge is 2.43. The molecule has 3 aromatic heterocycles. The number of hydrogen-bond donors (Lipinski definition) is 2. The average molecular weight is 466 g/mol. The maximum absolute atomic E-state index is 13.4. The molecule has 172 valence electrons. The summed E-state index contributed by atoms with van der Waals surface area (Å²) in [6.45, 7) is 1.43. The van der Waals surface area contributed by atoms with Crippen LogP contribution in [0.1, 0.15) is 37.9 Å². The minimum Gasteiger partial charge on any atom is -0.387 e. The van der Waals surface area contributed by atoms with Gasteiger partial charge in [0.2, 0.25) is 10.0 Å². The fraction of sp³-hybridized carbons (Fsp3) is 0.550. The number of H-pyrrole nitrogens is 1. The Balaban J connectivity index is 1.28. The van der Waals surface area contributed by atoms with E-state index < -0.39 is 28.9 Å². The molecule has 0 amide bonds. The minimum atomic E-state index is -3.72. The van der Waals surface area contributed by atoms with Crippen molar-refractivity contribution in [2.75, 3.05) is 25.4 Å². The fourth-order valence-corrected chi connectivity index (χ4v) is 6.07. The quantitative estimate of drug-likeness (QED) is 0.554. The third-order valence-electron chi connectivity index (χ3n) is 6.38. The normalized spacial score (nSPS) is 23.9. The predicted molar refractivity (Wildman–Crippen MR) is 115 cm³/mol. The Kier molecular flexibility index (Phi) is 5.16. The molecule has 1 saturated heterocycles. The lowest BCUT2D eigenvalue weighted by Crippen LogP contribution is -2.36. The van der Waals surface area contributed by atoms with Crippen LogP contribution in [0.25, 0.3) is 16.8 Å². The highest BCUT2D eigenvalue weighted by molar-refractivity contribution is 7.89. The van der Waals surface area contributed by atoms with Crippen molar-refractivity contribution in [2.45, 2.75) is 38.0 Å². The number of alkyl halides is 2. The van der Waals surface area contributed by atoms with Crippen molar-refractivity contribution >= 4 is 26.8 Å². The second kappa shape index (κ2) is 7.77. The lowest BCUT2D eigenvalue weighted by Gasteiger charge is -2.17. The molecule has 1 aliphatic heterocycles. The van der Waals surface area contributed by atoms with Crippen LogP contribution in [0.2, 0.25) is 0 Å². The maximum Gasteiger partial charge on any atom is 0.262 e. The molecular formula is C20H25F2N7O2S. The molecule has 0 radical (unpaired) electrons. The summed E-state index contributed by atoms with van der Waals surface area (Å²) >= 11 is 0. The van der Waals surface area contributed by atoms with Crippen molar-refractivity contribution in [1.82, 2.24) is 34.2 Å². The van der Waals surface area contributed by atoms with Gasteiger partial charge in [0.25, 0.3) is 5.92 Å². The standard InChI is InChI=1S/C20H25F2N7O2S/c1-2-13-9-14(23-6-8-32(30,31)28-7-4-20(21,22)12-28)10-15(13)19-27-26-17-11-25-18-16(29(17)19)3-5-24-18/h3,5,9,11,13,15,23-24H,2,4,6-8,10,12H2,1H3/t13-,15+/m1/s1. The van der Waals surface area contributed by atoms with Crippen LogP contribution in [0.5, 0.6) is 0 Å². The van der Waals surface area contributed by atoms with Gasteiger partial charge in [0.05, 0.1) is 24.0 Å². The van der Waals surface area contributed by atoms with Crippen LogP contribution in [0.3, 0.4) is 0 Å². The SMILES string of the molecule is CC[C@@H]1C=C(NCCS(=O)(=O)N2CCC(F)(F)C2)C[C@@H]1c1nnc2cnc3[nH]ccc3n12. The van der Waals surface area contributed by atoms with Crippen molar-refractivity contribution < 1.29 is 17.2 Å². The predicted octanol–water partition coefficient (Wildman–Crippen LogP) is 2.26. The highest BCUT2D eigenvalue weighted by Crippen LogP contribution is 2.39. The van der Waals surface area contributed by atoms with Crippen LogP contribution in [-0.4, -0.2) is 68.6 Å². The van der Waals surface area contributed by atoms with Gasteiger partial charge in [-0.05, 0) is 24.8 Å². The fourth-order valence-electron chi connectivity index (χ4n) is 4.70. The Hall–Kier alpha value is -2.60. The van der Waals surface area contributed by atoms with E-state index in [0.717, 1.165) is 33.4 Å². The van der Waals surface area contributed by atoms with Crippen molar-refractivity contribution in [1.29, 1.82) is 0 Å². The Morgan fingerprint density at radius 3 is 2.94 bits per heavy atom. The number of fused-ring (bicyclic) bond motifs is 3. The van der Waals surface area contributed by atoms with Crippen molar-refractivity contribution in [3.05, 3.63) is 36.1 Å². The number of hydrogen-bond acceptors (Lipinski definition) is 6. The van der Waals surface area contributed by atoms with E-state index in [1.54, 1.807) is 6.20 Å². The number of nitrogens with one attached hydrogen (secondary N) is 2. The topological polar surface area (TPSA) is 108 Å². The molecule has 2 N–H and O–H groups in total. The van der Waals surface area contributed by atoms with Crippen LogP contribution in [-0.2, 0) is 10.0 Å². The van der Waals surface area contributed by atoms with E-state index >= 15 is 0 Å². The van der Waals surface area contributed by atoms with E-state index in [0.29, 0.717) is 12.1 Å². The Labute approximate surface area is 184 Å². The van der Waals surface area contributed by atoms with E-state index in [4.69, 9.17) is 0 Å². The van der Waals surface area contributed by atoms with Crippen LogP contribution in [0.15, 0.2) is 30.2 Å². The van der Waals surface area contributed by atoms with E-state index in [1.807, 2.05) is 16.7 Å². The highest BCUT2D eigenvalue weighted by atomic mass is 32.2. The van der Waals surface area contributed by atoms with Gasteiger partial charge in [-0.1, -0.05) is 13.0 Å². The van der Waals surface area contributed by atoms with Gasteiger partial charge in [-0.3, -0.25) is 4.40 Å². The number of allylic oxidation sites excluding steroid dienone is 2. The molecule has 2 atom stereocenters. The summed E-state index contributed by atoms with van der Waals surface area (Å²) in [5.74, 6) is -1.99. The van der Waals surface area contributed by atoms with E-state index in [9.17, 15) is 17.2 Å². The molecular weight excluding hydrogens is 440 g/mol. The summed E-state index contributed by atoms with van der Waals surface area (Å²) in [4.78, 5) is 7.46. The van der Waals surface area contributed by atoms with Gasteiger partial charge >= 0.3 is 0 Å². The molecule has 4 heterocycles. The lowest BCUT2D eigenvalue weighted by molar-refractivity contribution is 0.0183. The molecule has 2 aliphatic rings. The first-order valence-corrected chi connectivity index (χ1v) is 12.4. The summed E-state index contributed by atoms with van der Waals surface area (Å²) in [5.41, 5.74) is 3.29. The third kappa shape index (κ3) is 3.75. The zero-order chi connectivity index (χ0) is 22.5. The van der Waals surface area contributed by atoms with Gasteiger partial charge in [-0.15, -0.1) is 10.2 Å². The maximum atomic E-state index is 13.4. The van der Waals surface area contributed by atoms with Gasteiger partial charge in [0, 0.05) is 37.3 Å². The van der Waals surface area contributed by atoms with Gasteiger partial charge < -0.3 is 10.3 Å². The summed E-state index contributed by atoms with van der Waals surface area (Å²) in [7, 11) is -3.72. The lowest BCUT2D eigenvalue weighted by atomic mass is 9.92. The first kappa shape index (κ1) is 21.3. The van der Waals surface area contributed by atoms with E-state index in [1.165, 1.54) is 0 Å². The largest absolute Gasteiger partial charge is 0.387 e. The van der Waals surface area contributed by atoms with Gasteiger partial charge in [-0.25, -0.2) is 22.2 Å². The monoisotopic (exact) mass is 465 g/mol. The van der Waals surface area contributed by atoms with Crippen molar-refractivity contribution in [3.8, 4) is 0 Å². The number of halogens is 2. The number of sulfonamides is 1. The van der Waals surface area contributed by atoms with Crippen molar-refractivity contribution in [2.24, 2.45) is 5.92 Å². The number of rotatable bonds is 7. The summed E-state index contributed by atoms with van der Waals surface area (Å²) < 4.78 is 54.5. The Morgan fingerprint density at radius 1 is 1.34 bits per heavy atom. The smallest absolute Gasteiger partial charge is 0.262 e. The average Bonchev–Trinajstić information content (AvgIpc) is 3.51. The molecule has 0 unspecified atom stereocenters. The van der Waals surface area contributed by atoms with Gasteiger partial charge in [0.1, 0.15) is 5.82 Å². The van der Waals surface area contributed by atoms with Crippen LogP contribution < -0.4 is 5.32 Å².